The fourth-order valence-electron chi connectivity index (χ4n) is 5.29. The Bertz CT molecular complexity index is 2160. The topological polar surface area (TPSA) is 170 Å². The summed E-state index contributed by atoms with van der Waals surface area (Å²) in [5.41, 5.74) is 12.2. The summed E-state index contributed by atoms with van der Waals surface area (Å²) in [5, 5.41) is 29.3. The Labute approximate surface area is 267 Å². The normalized spacial score (nSPS) is 10.7. The van der Waals surface area contributed by atoms with Crippen molar-refractivity contribution in [1.29, 1.82) is 0 Å². The molecule has 0 aliphatic carbocycles. The zero-order chi connectivity index (χ0) is 33.1. The smallest absolute Gasteiger partial charge is 0.269 e. The van der Waals surface area contributed by atoms with Gasteiger partial charge in [0.1, 0.15) is 0 Å². The van der Waals surface area contributed by atoms with Crippen molar-refractivity contribution in [3.8, 4) is 22.3 Å². The number of non-ortho nitro benzene ring substituents is 2. The van der Waals surface area contributed by atoms with Crippen LogP contribution in [-0.2, 0) is 0 Å². The number of nitro benzene ring substituents is 2. The van der Waals surface area contributed by atoms with Crippen LogP contribution in [0.15, 0.2) is 127 Å². The molecule has 6 aromatic rings. The lowest BCUT2D eigenvalue weighted by molar-refractivity contribution is -0.385. The molecule has 11 nitrogen and oxygen atoms in total. The Balaban J connectivity index is 1.22. The number of hydrogen-bond acceptors (Lipinski definition) is 7. The largest absolute Gasteiger partial charge is 0.398 e. The molecule has 0 saturated carbocycles. The molecule has 0 unspecified atom stereocenters. The third-order valence-electron chi connectivity index (χ3n) is 7.64. The SMILES string of the molecule is Nc1cc(-c2ccc(NC(=O)c3ccc([N+](=O)[O-])cc3)cc2)c2ccccc2c1-c1ccc(NC(=O)c2ccc([N+](=O)[O-])cc2)cc1. The summed E-state index contributed by atoms with van der Waals surface area (Å²) in [7, 11) is 0. The molecular weight excluding hydrogens is 598 g/mol. The van der Waals surface area contributed by atoms with E-state index >= 15 is 0 Å². The van der Waals surface area contributed by atoms with E-state index in [2.05, 4.69) is 10.6 Å². The summed E-state index contributed by atoms with van der Waals surface area (Å²) in [6, 6.07) is 35.2. The third kappa shape index (κ3) is 6.35. The van der Waals surface area contributed by atoms with Crippen LogP contribution in [-0.4, -0.2) is 21.7 Å². The standard InChI is InChI=1S/C36H25N5O6/c37-33-21-32(22-5-13-26(14-6-22)38-35(42)24-9-17-28(18-10-24)40(44)45)30-3-1-2-4-31(30)34(33)23-7-15-27(16-8-23)39-36(43)25-11-19-29(20-12-25)41(46)47/h1-21H,37H2,(H,38,42)(H,39,43). The summed E-state index contributed by atoms with van der Waals surface area (Å²) in [4.78, 5) is 46.1. The zero-order valence-corrected chi connectivity index (χ0v) is 24.5. The molecule has 0 aliphatic heterocycles. The van der Waals surface area contributed by atoms with Crippen molar-refractivity contribution in [3.05, 3.63) is 159 Å². The molecule has 0 aromatic heterocycles. The molecule has 0 bridgehead atoms. The molecule has 2 amide bonds. The van der Waals surface area contributed by atoms with Gasteiger partial charge in [-0.1, -0.05) is 48.5 Å². The number of nitrogens with two attached hydrogens (primary N) is 1. The highest BCUT2D eigenvalue weighted by Crippen LogP contribution is 2.40. The van der Waals surface area contributed by atoms with Crippen molar-refractivity contribution < 1.29 is 19.4 Å². The molecule has 230 valence electrons. The van der Waals surface area contributed by atoms with Gasteiger partial charge in [-0.15, -0.1) is 0 Å². The van der Waals surface area contributed by atoms with Crippen LogP contribution in [0.3, 0.4) is 0 Å². The number of benzene rings is 6. The first kappa shape index (κ1) is 30.2. The average molecular weight is 624 g/mol. The second kappa shape index (κ2) is 12.6. The Hall–Kier alpha value is -6.88. The van der Waals surface area contributed by atoms with Crippen molar-refractivity contribution in [3.63, 3.8) is 0 Å². The van der Waals surface area contributed by atoms with Crippen LogP contribution in [0, 0.1) is 20.2 Å². The van der Waals surface area contributed by atoms with Gasteiger partial charge in [-0.2, -0.15) is 0 Å². The van der Waals surface area contributed by atoms with E-state index in [1.807, 2.05) is 54.6 Å². The zero-order valence-electron chi connectivity index (χ0n) is 24.5. The second-order valence-electron chi connectivity index (χ2n) is 10.6. The van der Waals surface area contributed by atoms with E-state index in [-0.39, 0.29) is 23.2 Å². The molecule has 0 fully saturated rings. The fraction of sp³-hybridized carbons (Fsp3) is 0. The Morgan fingerprint density at radius 2 is 0.979 bits per heavy atom. The number of carbonyl (C=O) groups is 2. The monoisotopic (exact) mass is 623 g/mol. The lowest BCUT2D eigenvalue weighted by atomic mass is 9.90. The number of amides is 2. The third-order valence-corrected chi connectivity index (χ3v) is 7.64. The highest BCUT2D eigenvalue weighted by atomic mass is 16.6. The van der Waals surface area contributed by atoms with Gasteiger partial charge >= 0.3 is 0 Å². The summed E-state index contributed by atoms with van der Waals surface area (Å²) in [6.45, 7) is 0. The van der Waals surface area contributed by atoms with Crippen LogP contribution in [0.1, 0.15) is 20.7 Å². The first-order valence-corrected chi connectivity index (χ1v) is 14.3. The lowest BCUT2D eigenvalue weighted by Gasteiger charge is -2.16. The highest BCUT2D eigenvalue weighted by molar-refractivity contribution is 6.10. The first-order valence-electron chi connectivity index (χ1n) is 14.3. The van der Waals surface area contributed by atoms with E-state index in [4.69, 9.17) is 5.73 Å². The van der Waals surface area contributed by atoms with Gasteiger partial charge in [-0.3, -0.25) is 29.8 Å². The number of fused-ring (bicyclic) bond motifs is 1. The molecular formula is C36H25N5O6. The summed E-state index contributed by atoms with van der Waals surface area (Å²) in [6.07, 6.45) is 0. The number of nitrogens with one attached hydrogen (secondary N) is 2. The number of carbonyl (C=O) groups excluding carboxylic acids is 2. The van der Waals surface area contributed by atoms with Crippen LogP contribution < -0.4 is 16.4 Å². The van der Waals surface area contributed by atoms with E-state index < -0.39 is 9.85 Å². The van der Waals surface area contributed by atoms with Gasteiger partial charge < -0.3 is 16.4 Å². The molecule has 6 aromatic carbocycles. The van der Waals surface area contributed by atoms with Crippen molar-refractivity contribution in [2.75, 3.05) is 16.4 Å². The molecule has 6 rings (SSSR count). The quantitative estimate of drug-likeness (QED) is 0.0874. The molecule has 0 heterocycles. The van der Waals surface area contributed by atoms with Crippen LogP contribution in [0.25, 0.3) is 33.0 Å². The number of rotatable bonds is 8. The maximum absolute atomic E-state index is 12.7. The number of hydrogen-bond donors (Lipinski definition) is 3. The predicted molar refractivity (Wildman–Crippen MR) is 181 cm³/mol. The van der Waals surface area contributed by atoms with Gasteiger partial charge in [0.05, 0.1) is 9.85 Å². The van der Waals surface area contributed by atoms with Gasteiger partial charge in [0.15, 0.2) is 0 Å². The van der Waals surface area contributed by atoms with E-state index in [0.717, 1.165) is 33.0 Å². The van der Waals surface area contributed by atoms with E-state index in [1.54, 1.807) is 24.3 Å². The van der Waals surface area contributed by atoms with Gasteiger partial charge in [-0.05, 0) is 82.1 Å². The fourth-order valence-corrected chi connectivity index (χ4v) is 5.29. The first-order chi connectivity index (χ1) is 22.7. The summed E-state index contributed by atoms with van der Waals surface area (Å²) in [5.74, 6) is -0.775. The summed E-state index contributed by atoms with van der Waals surface area (Å²) < 4.78 is 0. The minimum atomic E-state index is -0.520. The molecule has 0 saturated heterocycles. The van der Waals surface area contributed by atoms with Crippen LogP contribution in [0.4, 0.5) is 28.4 Å². The van der Waals surface area contributed by atoms with E-state index in [1.165, 1.54) is 48.5 Å². The van der Waals surface area contributed by atoms with E-state index in [0.29, 0.717) is 28.2 Å². The van der Waals surface area contributed by atoms with Crippen molar-refractivity contribution >= 4 is 51.0 Å². The highest BCUT2D eigenvalue weighted by Gasteiger charge is 2.15. The van der Waals surface area contributed by atoms with Gasteiger partial charge in [-0.25, -0.2) is 0 Å². The van der Waals surface area contributed by atoms with Crippen LogP contribution in [0.5, 0.6) is 0 Å². The molecule has 0 spiro atoms. The molecule has 0 radical (unpaired) electrons. The number of nitrogen functional groups attached to an aromatic ring is 1. The number of nitrogens with zero attached hydrogens (tertiary/aromatic N) is 2. The van der Waals surface area contributed by atoms with Gasteiger partial charge in [0.2, 0.25) is 0 Å². The van der Waals surface area contributed by atoms with Gasteiger partial charge in [0.25, 0.3) is 23.2 Å². The number of anilines is 3. The molecule has 47 heavy (non-hydrogen) atoms. The minimum Gasteiger partial charge on any atom is -0.398 e. The Morgan fingerprint density at radius 1 is 0.553 bits per heavy atom. The van der Waals surface area contributed by atoms with Gasteiger partial charge in [0, 0.05) is 58.0 Å². The Kier molecular flexibility index (Phi) is 8.10. The summed E-state index contributed by atoms with van der Waals surface area (Å²) >= 11 is 0. The lowest BCUT2D eigenvalue weighted by Crippen LogP contribution is -2.11. The molecule has 0 atom stereocenters. The maximum atomic E-state index is 12.7. The molecule has 11 heteroatoms. The predicted octanol–water partition coefficient (Wildman–Crippen LogP) is 8.08. The van der Waals surface area contributed by atoms with Crippen molar-refractivity contribution in [2.45, 2.75) is 0 Å². The second-order valence-corrected chi connectivity index (χ2v) is 10.6. The minimum absolute atomic E-state index is 0.0919. The van der Waals surface area contributed by atoms with Crippen molar-refractivity contribution in [2.24, 2.45) is 0 Å². The van der Waals surface area contributed by atoms with E-state index in [9.17, 15) is 29.8 Å². The number of nitro groups is 2. The van der Waals surface area contributed by atoms with Crippen molar-refractivity contribution in [1.82, 2.24) is 0 Å². The van der Waals surface area contributed by atoms with Crippen LogP contribution >= 0.6 is 0 Å². The maximum Gasteiger partial charge on any atom is 0.269 e. The molecule has 4 N–H and O–H groups in total. The van der Waals surface area contributed by atoms with Crippen LogP contribution in [0.2, 0.25) is 0 Å². The average Bonchev–Trinajstić information content (AvgIpc) is 3.09. The Morgan fingerprint density at radius 3 is 1.43 bits per heavy atom. The molecule has 0 aliphatic rings.